The van der Waals surface area contributed by atoms with Crippen molar-refractivity contribution >= 4 is 50.5 Å². The van der Waals surface area contributed by atoms with Crippen molar-refractivity contribution in [3.63, 3.8) is 0 Å². The predicted molar refractivity (Wildman–Crippen MR) is 124 cm³/mol. The largest absolute Gasteiger partial charge is 0.476 e. The average molecular weight is 484 g/mol. The molecule has 0 aliphatic carbocycles. The molecule has 0 unspecified atom stereocenters. The molecule has 33 heavy (non-hydrogen) atoms. The normalized spacial score (nSPS) is 17.5. The molecule has 5 rings (SSSR count). The number of anilines is 3. The monoisotopic (exact) mass is 483 g/mol. The molecule has 0 saturated carbocycles. The molecule has 8 nitrogen and oxygen atoms in total. The number of hydrogen-bond acceptors (Lipinski definition) is 5. The summed E-state index contributed by atoms with van der Waals surface area (Å²) in [6, 6.07) is 19.4. The number of rotatable bonds is 3. The van der Waals surface area contributed by atoms with E-state index in [1.807, 2.05) is 0 Å². The molecule has 3 aromatic carbocycles. The Bertz CT molecular complexity index is 1360. The van der Waals surface area contributed by atoms with Crippen LogP contribution in [0.1, 0.15) is 0 Å². The highest BCUT2D eigenvalue weighted by molar-refractivity contribution is 7.92. The van der Waals surface area contributed by atoms with Crippen LogP contribution >= 0.6 is 11.6 Å². The van der Waals surface area contributed by atoms with Gasteiger partial charge in [-0.25, -0.2) is 8.42 Å². The van der Waals surface area contributed by atoms with Gasteiger partial charge in [-0.05, 0) is 42.5 Å². The number of fused-ring (bicyclic) bond motifs is 2. The summed E-state index contributed by atoms with van der Waals surface area (Å²) in [6.45, 7) is -0.474. The fraction of sp³-hybridized carbons (Fsp3) is 0.130. The molecule has 1 atom stereocenters. The predicted octanol–water partition coefficient (Wildman–Crippen LogP) is 3.28. The molecule has 1 N–H and O–H groups in total. The fourth-order valence-electron chi connectivity index (χ4n) is 3.90. The zero-order valence-corrected chi connectivity index (χ0v) is 18.7. The van der Waals surface area contributed by atoms with E-state index in [0.29, 0.717) is 16.4 Å². The summed E-state index contributed by atoms with van der Waals surface area (Å²) < 4.78 is 34.0. The highest BCUT2D eigenvalue weighted by Gasteiger charge is 2.41. The van der Waals surface area contributed by atoms with E-state index in [1.54, 1.807) is 48.5 Å². The Morgan fingerprint density at radius 2 is 1.73 bits per heavy atom. The van der Waals surface area contributed by atoms with Gasteiger partial charge in [-0.1, -0.05) is 41.9 Å². The van der Waals surface area contributed by atoms with Gasteiger partial charge in [-0.3, -0.25) is 18.8 Å². The van der Waals surface area contributed by atoms with Crippen molar-refractivity contribution in [1.82, 2.24) is 0 Å². The second kappa shape index (κ2) is 8.09. The van der Waals surface area contributed by atoms with Gasteiger partial charge in [0.25, 0.3) is 15.9 Å². The maximum atomic E-state index is 13.5. The molecule has 0 aromatic heterocycles. The highest BCUT2D eigenvalue weighted by atomic mass is 35.5. The van der Waals surface area contributed by atoms with Gasteiger partial charge in [0.2, 0.25) is 5.91 Å². The Morgan fingerprint density at radius 3 is 2.52 bits per heavy atom. The summed E-state index contributed by atoms with van der Waals surface area (Å²) in [5.74, 6) is -0.664. The lowest BCUT2D eigenvalue weighted by atomic mass is 10.1. The molecule has 0 saturated heterocycles. The summed E-state index contributed by atoms with van der Waals surface area (Å²) in [7, 11) is -4.02. The Morgan fingerprint density at radius 1 is 1.00 bits per heavy atom. The number of amides is 2. The smallest absolute Gasteiger partial charge is 0.270 e. The Labute approximate surface area is 195 Å². The van der Waals surface area contributed by atoms with Gasteiger partial charge in [0.15, 0.2) is 6.10 Å². The molecule has 3 aromatic rings. The molecule has 0 radical (unpaired) electrons. The minimum atomic E-state index is -4.02. The quantitative estimate of drug-likeness (QED) is 0.616. The van der Waals surface area contributed by atoms with Crippen molar-refractivity contribution in [3.05, 3.63) is 77.8 Å². The van der Waals surface area contributed by atoms with Gasteiger partial charge in [0, 0.05) is 5.02 Å². The van der Waals surface area contributed by atoms with Gasteiger partial charge in [-0.15, -0.1) is 0 Å². The Balaban J connectivity index is 1.55. The third kappa shape index (κ3) is 3.79. The number of hydrogen-bond donors (Lipinski definition) is 1. The number of nitrogens with zero attached hydrogens (tertiary/aromatic N) is 2. The number of carbonyl (C=O) groups is 2. The van der Waals surface area contributed by atoms with Crippen molar-refractivity contribution < 1.29 is 22.7 Å². The molecular weight excluding hydrogens is 466 g/mol. The standard InChI is InChI=1S/C23H18ClN3O5S/c24-15-10-11-20-19(12-15)27(33(30,31)16-6-2-1-3-7-16)13-21(32-20)23(29)26-14-22(28)25-17-8-4-5-9-18(17)26/h1-12,21H,13-14H2,(H,25,28)/t21-/m0/s1. The van der Waals surface area contributed by atoms with Crippen LogP contribution in [0.5, 0.6) is 5.75 Å². The van der Waals surface area contributed by atoms with Crippen molar-refractivity contribution in [2.24, 2.45) is 0 Å². The number of ether oxygens (including phenoxy) is 1. The molecule has 0 spiro atoms. The molecule has 0 bridgehead atoms. The minimum Gasteiger partial charge on any atom is -0.476 e. The number of carbonyl (C=O) groups excluding carboxylic acids is 2. The van der Waals surface area contributed by atoms with E-state index in [0.717, 1.165) is 4.31 Å². The topological polar surface area (TPSA) is 96.0 Å². The SMILES string of the molecule is O=C1CN(C(=O)[C@@H]2CN(S(=O)(=O)c3ccccc3)c3cc(Cl)ccc3O2)c2ccccc2N1. The molecule has 10 heteroatoms. The average Bonchev–Trinajstić information content (AvgIpc) is 2.82. The first-order valence-corrected chi connectivity index (χ1v) is 11.9. The molecule has 2 amide bonds. The van der Waals surface area contributed by atoms with Crippen molar-refractivity contribution in [1.29, 1.82) is 0 Å². The number of nitrogens with one attached hydrogen (secondary N) is 1. The Hall–Kier alpha value is -3.56. The van der Waals surface area contributed by atoms with Crippen LogP contribution in [0.25, 0.3) is 0 Å². The summed E-state index contributed by atoms with van der Waals surface area (Å²) in [4.78, 5) is 27.1. The first-order chi connectivity index (χ1) is 15.8. The van der Waals surface area contributed by atoms with Gasteiger partial charge >= 0.3 is 0 Å². The maximum absolute atomic E-state index is 13.5. The number of para-hydroxylation sites is 2. The van der Waals surface area contributed by atoms with Crippen LogP contribution in [0, 0.1) is 0 Å². The van der Waals surface area contributed by atoms with E-state index in [2.05, 4.69) is 5.32 Å². The summed E-state index contributed by atoms with van der Waals surface area (Å²) in [5, 5.41) is 3.06. The van der Waals surface area contributed by atoms with E-state index < -0.39 is 22.0 Å². The Kier molecular flexibility index (Phi) is 5.22. The second-order valence-electron chi connectivity index (χ2n) is 7.56. The third-order valence-electron chi connectivity index (χ3n) is 5.43. The summed E-state index contributed by atoms with van der Waals surface area (Å²) >= 11 is 6.13. The maximum Gasteiger partial charge on any atom is 0.270 e. The van der Waals surface area contributed by atoms with E-state index >= 15 is 0 Å². The highest BCUT2D eigenvalue weighted by Crippen LogP contribution is 2.40. The van der Waals surface area contributed by atoms with Gasteiger partial charge in [0.1, 0.15) is 12.3 Å². The first-order valence-electron chi connectivity index (χ1n) is 10.1. The first kappa shape index (κ1) is 21.3. The van der Waals surface area contributed by atoms with Crippen LogP contribution < -0.4 is 19.3 Å². The fourth-order valence-corrected chi connectivity index (χ4v) is 5.56. The summed E-state index contributed by atoms with van der Waals surface area (Å²) in [6.07, 6.45) is -1.17. The van der Waals surface area contributed by atoms with Crippen molar-refractivity contribution in [2.45, 2.75) is 11.0 Å². The number of halogens is 1. The zero-order chi connectivity index (χ0) is 23.2. The second-order valence-corrected chi connectivity index (χ2v) is 9.86. The van der Waals surface area contributed by atoms with Gasteiger partial charge in [-0.2, -0.15) is 0 Å². The molecule has 168 valence electrons. The van der Waals surface area contributed by atoms with Crippen LogP contribution in [-0.4, -0.2) is 39.4 Å². The van der Waals surface area contributed by atoms with Crippen LogP contribution in [0.4, 0.5) is 17.1 Å². The molecular formula is C23H18ClN3O5S. The molecule has 2 aliphatic rings. The zero-order valence-electron chi connectivity index (χ0n) is 17.1. The molecule has 2 aliphatic heterocycles. The van der Waals surface area contributed by atoms with Crippen LogP contribution in [0.15, 0.2) is 77.7 Å². The lowest BCUT2D eigenvalue weighted by Crippen LogP contribution is -2.54. The lowest BCUT2D eigenvalue weighted by Gasteiger charge is -2.38. The van der Waals surface area contributed by atoms with Crippen LogP contribution in [0.2, 0.25) is 5.02 Å². The van der Waals surface area contributed by atoms with E-state index in [4.69, 9.17) is 16.3 Å². The minimum absolute atomic E-state index is 0.0757. The van der Waals surface area contributed by atoms with E-state index in [9.17, 15) is 18.0 Å². The van der Waals surface area contributed by atoms with E-state index in [1.165, 1.54) is 29.2 Å². The van der Waals surface area contributed by atoms with Crippen molar-refractivity contribution in [3.8, 4) is 5.75 Å². The van der Waals surface area contributed by atoms with Crippen LogP contribution in [-0.2, 0) is 19.6 Å². The van der Waals surface area contributed by atoms with Crippen LogP contribution in [0.3, 0.4) is 0 Å². The summed E-state index contributed by atoms with van der Waals surface area (Å²) in [5.41, 5.74) is 1.26. The third-order valence-corrected chi connectivity index (χ3v) is 7.46. The molecule has 2 heterocycles. The lowest BCUT2D eigenvalue weighted by molar-refractivity contribution is -0.127. The molecule has 0 fully saturated rings. The number of sulfonamides is 1. The van der Waals surface area contributed by atoms with Gasteiger partial charge < -0.3 is 10.1 Å². The van der Waals surface area contributed by atoms with E-state index in [-0.39, 0.29) is 35.3 Å². The van der Waals surface area contributed by atoms with Gasteiger partial charge in [0.05, 0.1) is 28.5 Å². The van der Waals surface area contributed by atoms with Crippen molar-refractivity contribution in [2.75, 3.05) is 27.6 Å². The number of benzene rings is 3.